The number of rotatable bonds is 7. The van der Waals surface area contributed by atoms with Crippen molar-refractivity contribution in [2.24, 2.45) is 11.3 Å². The fourth-order valence-electron chi connectivity index (χ4n) is 14.1. The number of benzene rings is 2. The largest absolute Gasteiger partial charge is 0.633 e. The summed E-state index contributed by atoms with van der Waals surface area (Å²) in [5.41, 5.74) is -1.80. The fraction of sp³-hybridized carbons (Fsp3) is 0.587. The summed E-state index contributed by atoms with van der Waals surface area (Å²) in [7, 11) is 6.09. The lowest BCUT2D eigenvalue weighted by Gasteiger charge is -2.63. The summed E-state index contributed by atoms with van der Waals surface area (Å²) in [6.45, 7) is 7.64. The van der Waals surface area contributed by atoms with Crippen LogP contribution < -0.4 is 9.64 Å². The molecular formula is C46H56N4O10. The van der Waals surface area contributed by atoms with Crippen molar-refractivity contribution in [1.29, 1.82) is 0 Å². The maximum absolute atomic E-state index is 15.4. The number of epoxide rings is 1. The molecule has 0 amide bonds. The molecule has 2 bridgehead atoms. The van der Waals surface area contributed by atoms with Crippen LogP contribution in [0.25, 0.3) is 10.9 Å². The van der Waals surface area contributed by atoms with E-state index in [9.17, 15) is 19.9 Å². The average molecular weight is 825 g/mol. The molecule has 1 aromatic heterocycles. The molecule has 1 saturated carbocycles. The minimum Gasteiger partial charge on any atom is -0.633 e. The van der Waals surface area contributed by atoms with Crippen molar-refractivity contribution in [2.45, 2.75) is 99.2 Å². The van der Waals surface area contributed by atoms with Crippen molar-refractivity contribution in [1.82, 2.24) is 9.88 Å². The number of hydroxylamine groups is 3. The predicted octanol–water partition coefficient (Wildman–Crippen LogP) is 4.02. The molecule has 0 unspecified atom stereocenters. The Labute approximate surface area is 349 Å². The smallest absolute Gasteiger partial charge is 0.344 e. The highest BCUT2D eigenvalue weighted by atomic mass is 16.6. The number of para-hydroxylation sites is 1. The number of nitrogens with zero attached hydrogens (tertiary/aromatic N) is 3. The summed E-state index contributed by atoms with van der Waals surface area (Å²) in [5.74, 6) is -1.88. The molecule has 2 aromatic carbocycles. The van der Waals surface area contributed by atoms with Gasteiger partial charge in [0.05, 0.1) is 40.5 Å². The molecule has 3 saturated heterocycles. The van der Waals surface area contributed by atoms with Crippen molar-refractivity contribution in [3.05, 3.63) is 76.1 Å². The number of fused-ring (bicyclic) bond motifs is 8. The van der Waals surface area contributed by atoms with E-state index in [2.05, 4.69) is 22.9 Å². The minimum absolute atomic E-state index is 0.207. The first-order valence-electron chi connectivity index (χ1n) is 21.5. The van der Waals surface area contributed by atoms with E-state index < -0.39 is 62.1 Å². The van der Waals surface area contributed by atoms with Crippen LogP contribution >= 0.6 is 0 Å². The third kappa shape index (κ3) is 4.74. The number of H-pyrrole nitrogens is 1. The van der Waals surface area contributed by atoms with Crippen LogP contribution in [-0.4, -0.2) is 134 Å². The van der Waals surface area contributed by atoms with E-state index in [0.29, 0.717) is 75.4 Å². The third-order valence-electron chi connectivity index (χ3n) is 16.3. The molecule has 2 N–H and O–H groups in total. The highest BCUT2D eigenvalue weighted by Crippen LogP contribution is 2.68. The van der Waals surface area contributed by atoms with Crippen LogP contribution in [0.1, 0.15) is 68.8 Å². The van der Waals surface area contributed by atoms with Crippen molar-refractivity contribution in [2.75, 3.05) is 66.0 Å². The topological polar surface area (TPSA) is 166 Å². The predicted molar refractivity (Wildman–Crippen MR) is 220 cm³/mol. The molecule has 320 valence electrons. The van der Waals surface area contributed by atoms with Crippen molar-refractivity contribution >= 4 is 34.5 Å². The number of nitrogens with one attached hydrogen (secondary N) is 1. The van der Waals surface area contributed by atoms with Gasteiger partial charge in [-0.1, -0.05) is 44.2 Å². The zero-order valence-electron chi connectivity index (χ0n) is 35.5. The molecule has 7 heterocycles. The van der Waals surface area contributed by atoms with Gasteiger partial charge in [-0.05, 0) is 55.5 Å². The molecule has 0 radical (unpaired) electrons. The number of likely N-dealkylation sites (N-methyl/N-ethyl adjacent to an activating group) is 1. The number of hydrogen-bond donors (Lipinski definition) is 2. The first kappa shape index (κ1) is 39.7. The summed E-state index contributed by atoms with van der Waals surface area (Å²) in [6.07, 6.45) is 4.93. The lowest BCUT2D eigenvalue weighted by atomic mass is 9.47. The van der Waals surface area contributed by atoms with Crippen molar-refractivity contribution in [3.8, 4) is 5.75 Å². The van der Waals surface area contributed by atoms with Gasteiger partial charge in [0.1, 0.15) is 29.4 Å². The molecule has 1 spiro atoms. The standard InChI is InChI=1S/C46H56N4O10/c1-8-42-16-12-18-49-19-17-44(37(42)49)30-21-31(34(56-5)22-33(30)48(4)38(44)46(54,41(53)58-7)39(42)59-26(3)51)45(40(52)57-6)23-27-24-50(55,25-43(9-2)36(27)60-43)20-15-29-28-13-10-11-14-32(28)47-35(29)45/h10-14,16,21-22,27,36-39,47,54H,8-9,15,17-20,23-25H2,1-7H3/t27-,36+,37-,38+,39-,42+,43-,44+,45-,46+,50-/m1/s1. The van der Waals surface area contributed by atoms with Crippen LogP contribution in [0.4, 0.5) is 5.69 Å². The van der Waals surface area contributed by atoms with Gasteiger partial charge in [-0.15, -0.1) is 0 Å². The summed E-state index contributed by atoms with van der Waals surface area (Å²) in [4.78, 5) is 50.9. The van der Waals surface area contributed by atoms with Gasteiger partial charge in [0, 0.05) is 83.6 Å². The maximum atomic E-state index is 15.4. The van der Waals surface area contributed by atoms with Gasteiger partial charge in [0.15, 0.2) is 6.10 Å². The normalized spacial score (nSPS) is 39.5. The van der Waals surface area contributed by atoms with E-state index in [-0.39, 0.29) is 24.5 Å². The molecule has 11 atom stereocenters. The number of esters is 3. The van der Waals surface area contributed by atoms with Gasteiger partial charge in [-0.25, -0.2) is 4.79 Å². The van der Waals surface area contributed by atoms with E-state index in [1.54, 1.807) is 7.11 Å². The van der Waals surface area contributed by atoms with Gasteiger partial charge in [-0.2, -0.15) is 0 Å². The van der Waals surface area contributed by atoms with Crippen molar-refractivity contribution < 1.29 is 47.8 Å². The van der Waals surface area contributed by atoms with Crippen LogP contribution in [0.15, 0.2) is 48.6 Å². The number of piperidine rings is 1. The number of aliphatic hydroxyl groups is 1. The van der Waals surface area contributed by atoms with Gasteiger partial charge in [0.25, 0.3) is 0 Å². The van der Waals surface area contributed by atoms with E-state index in [1.165, 1.54) is 21.1 Å². The number of carbonyl (C=O) groups is 3. The number of anilines is 1. The molecule has 7 aliphatic rings. The zero-order chi connectivity index (χ0) is 42.4. The number of hydrogen-bond acceptors (Lipinski definition) is 12. The highest BCUT2D eigenvalue weighted by molar-refractivity contribution is 5.95. The quantitative estimate of drug-likeness (QED) is 0.0880. The molecule has 14 heteroatoms. The van der Waals surface area contributed by atoms with Gasteiger partial charge < -0.3 is 48.5 Å². The minimum atomic E-state index is -2.32. The number of aromatic nitrogens is 1. The molecule has 6 aliphatic heterocycles. The summed E-state index contributed by atoms with van der Waals surface area (Å²) in [5, 5.41) is 29.2. The van der Waals surface area contributed by atoms with Crippen molar-refractivity contribution in [3.63, 3.8) is 0 Å². The number of aromatic amines is 1. The van der Waals surface area contributed by atoms with Gasteiger partial charge in [0.2, 0.25) is 5.60 Å². The van der Waals surface area contributed by atoms with Crippen LogP contribution in [0.3, 0.4) is 0 Å². The number of carbonyl (C=O) groups excluding carboxylic acids is 3. The highest BCUT2D eigenvalue weighted by Gasteiger charge is 2.80. The first-order valence-corrected chi connectivity index (χ1v) is 21.5. The SMILES string of the molecule is CC[C@@]12C[N@@+]3([O-])CCc4c([nH]c5ccccc45)[C@](C(=O)OC)(c4cc5c(cc4OC)N(C)[C@@H]4[C@@](O)(C(=O)OC)[C@H](OC(C)=O)[C@@]6(CC)C=CCN7CC[C@@]54[C@H]76)C[C@H](C3)[C@@H]1O2. The Morgan fingerprint density at radius 3 is 2.52 bits per heavy atom. The number of quaternary nitrogens is 1. The molecule has 14 nitrogen and oxygen atoms in total. The van der Waals surface area contributed by atoms with Gasteiger partial charge >= 0.3 is 17.9 Å². The Morgan fingerprint density at radius 2 is 1.82 bits per heavy atom. The number of methoxy groups -OCH3 is 3. The Hall–Kier alpha value is -4.47. The average Bonchev–Trinajstić information content (AvgIpc) is 3.51. The molecule has 3 aromatic rings. The Bertz CT molecular complexity index is 2360. The van der Waals surface area contributed by atoms with Crippen LogP contribution in [0.2, 0.25) is 0 Å². The molecule has 1 aliphatic carbocycles. The Morgan fingerprint density at radius 1 is 1.05 bits per heavy atom. The van der Waals surface area contributed by atoms with E-state index in [1.807, 2.05) is 61.4 Å². The van der Waals surface area contributed by atoms with Crippen LogP contribution in [-0.2, 0) is 50.6 Å². The number of ether oxygens (including phenoxy) is 5. The third-order valence-corrected chi connectivity index (χ3v) is 16.3. The van der Waals surface area contributed by atoms with E-state index in [4.69, 9.17) is 23.7 Å². The zero-order valence-corrected chi connectivity index (χ0v) is 35.5. The van der Waals surface area contributed by atoms with E-state index >= 15 is 4.79 Å². The van der Waals surface area contributed by atoms with Crippen LogP contribution in [0, 0.1) is 16.5 Å². The Balaban J connectivity index is 1.28. The molecule has 60 heavy (non-hydrogen) atoms. The lowest BCUT2D eigenvalue weighted by Crippen LogP contribution is -2.81. The second kappa shape index (κ2) is 13.0. The van der Waals surface area contributed by atoms with Gasteiger partial charge in [-0.3, -0.25) is 14.5 Å². The second-order valence-corrected chi connectivity index (χ2v) is 18.7. The van der Waals surface area contributed by atoms with E-state index in [0.717, 1.165) is 27.7 Å². The fourth-order valence-corrected chi connectivity index (χ4v) is 14.1. The summed E-state index contributed by atoms with van der Waals surface area (Å²) >= 11 is 0. The maximum Gasteiger partial charge on any atom is 0.344 e. The first-order chi connectivity index (χ1) is 28.7. The lowest BCUT2D eigenvalue weighted by molar-refractivity contribution is -0.890. The second-order valence-electron chi connectivity index (χ2n) is 18.7. The monoisotopic (exact) mass is 824 g/mol. The Kier molecular flexibility index (Phi) is 8.61. The molecule has 10 rings (SSSR count). The molecule has 4 fully saturated rings. The summed E-state index contributed by atoms with van der Waals surface area (Å²) < 4.78 is 30.0. The molecular weight excluding hydrogens is 769 g/mol. The summed E-state index contributed by atoms with van der Waals surface area (Å²) in [6, 6.07) is 10.7. The van der Waals surface area contributed by atoms with Crippen LogP contribution in [0.5, 0.6) is 5.75 Å².